The summed E-state index contributed by atoms with van der Waals surface area (Å²) in [6.07, 6.45) is 0.564. The molecule has 0 spiro atoms. The highest BCUT2D eigenvalue weighted by Crippen LogP contribution is 2.69. The molecule has 8 heteroatoms. The van der Waals surface area contributed by atoms with Gasteiger partial charge >= 0.3 is 5.97 Å². The first-order valence-corrected chi connectivity index (χ1v) is 12.2. The number of allylic oxidation sites excluding steroid dienone is 4. The third kappa shape index (κ3) is 3.12. The minimum Gasteiger partial charge on any atom is -0.450 e. The van der Waals surface area contributed by atoms with Gasteiger partial charge < -0.3 is 9.84 Å². The summed E-state index contributed by atoms with van der Waals surface area (Å²) in [5, 5.41) is 11.4. The summed E-state index contributed by atoms with van der Waals surface area (Å²) in [4.78, 5) is 37.7. The molecule has 4 rings (SSSR count). The van der Waals surface area contributed by atoms with Crippen molar-refractivity contribution in [1.82, 2.24) is 0 Å². The number of rotatable bonds is 5. The van der Waals surface area contributed by atoms with Crippen LogP contribution in [-0.2, 0) is 19.1 Å². The van der Waals surface area contributed by atoms with Gasteiger partial charge in [0, 0.05) is 34.7 Å². The zero-order chi connectivity index (χ0) is 25.2. The number of hydrogen-bond acceptors (Lipinski definition) is 5. The van der Waals surface area contributed by atoms with E-state index in [0.29, 0.717) is 12.8 Å². The number of esters is 1. The standard InChI is InChI=1S/C26H33F3O5/c1-5-6-20(33)34-26(19(32)12-27)13(2)9-15-14-10-16(28)22-23(29)17(30)7-8-24(22,3)21(14)18(31)11-25(15,26)4/h7-8,13-16,18,21,31H,5-6,9-12H2,1-4H3/t13-,14-,15-,16-,18-,21+,24+,25-,26-/m0/s1. The second-order valence-corrected chi connectivity index (χ2v) is 11.0. The summed E-state index contributed by atoms with van der Waals surface area (Å²) in [5.74, 6) is -5.42. The number of hydrogen-bond donors (Lipinski definition) is 1. The maximum Gasteiger partial charge on any atom is 0.306 e. The minimum absolute atomic E-state index is 0.0115. The molecule has 0 aromatic rings. The number of carbonyl (C=O) groups excluding carboxylic acids is 3. The quantitative estimate of drug-likeness (QED) is 0.589. The Bertz CT molecular complexity index is 975. The molecule has 0 unspecified atom stereocenters. The van der Waals surface area contributed by atoms with Crippen molar-refractivity contribution in [3.8, 4) is 0 Å². The fraction of sp³-hybridized carbons (Fsp3) is 0.731. The number of carbonyl (C=O) groups is 3. The molecular weight excluding hydrogens is 449 g/mol. The number of aliphatic hydroxyl groups excluding tert-OH is 1. The van der Waals surface area contributed by atoms with Crippen LogP contribution < -0.4 is 0 Å². The number of ketones is 2. The summed E-state index contributed by atoms with van der Waals surface area (Å²) in [7, 11) is 0. The maximum atomic E-state index is 15.5. The Morgan fingerprint density at radius 2 is 1.94 bits per heavy atom. The van der Waals surface area contributed by atoms with E-state index in [0.717, 1.165) is 6.08 Å². The van der Waals surface area contributed by atoms with Crippen molar-refractivity contribution in [3.63, 3.8) is 0 Å². The summed E-state index contributed by atoms with van der Waals surface area (Å²) >= 11 is 0. The first-order chi connectivity index (χ1) is 15.9. The lowest BCUT2D eigenvalue weighted by atomic mass is 9.45. The third-order valence-electron chi connectivity index (χ3n) is 9.36. The van der Waals surface area contributed by atoms with E-state index in [9.17, 15) is 28.3 Å². The van der Waals surface area contributed by atoms with E-state index < -0.39 is 76.5 Å². The highest BCUT2D eigenvalue weighted by atomic mass is 19.1. The topological polar surface area (TPSA) is 80.7 Å². The molecule has 0 aliphatic heterocycles. The van der Waals surface area contributed by atoms with Crippen molar-refractivity contribution in [2.24, 2.45) is 34.5 Å². The van der Waals surface area contributed by atoms with Gasteiger partial charge in [0.25, 0.3) is 0 Å². The predicted molar refractivity (Wildman–Crippen MR) is 118 cm³/mol. The van der Waals surface area contributed by atoms with E-state index in [-0.39, 0.29) is 30.8 Å². The monoisotopic (exact) mass is 482 g/mol. The van der Waals surface area contributed by atoms with Crippen LogP contribution in [-0.4, -0.2) is 47.2 Å². The van der Waals surface area contributed by atoms with Crippen LogP contribution in [0, 0.1) is 34.5 Å². The van der Waals surface area contributed by atoms with Crippen LogP contribution in [0.25, 0.3) is 0 Å². The van der Waals surface area contributed by atoms with Gasteiger partial charge in [0.2, 0.25) is 11.6 Å². The van der Waals surface area contributed by atoms with Crippen LogP contribution in [0.5, 0.6) is 0 Å². The number of fused-ring (bicyclic) bond motifs is 5. The first kappa shape index (κ1) is 25.1. The van der Waals surface area contributed by atoms with Gasteiger partial charge in [-0.15, -0.1) is 0 Å². The largest absolute Gasteiger partial charge is 0.450 e. The molecule has 0 saturated heterocycles. The van der Waals surface area contributed by atoms with E-state index in [1.165, 1.54) is 6.08 Å². The zero-order valence-corrected chi connectivity index (χ0v) is 20.1. The highest BCUT2D eigenvalue weighted by Gasteiger charge is 2.73. The maximum absolute atomic E-state index is 15.5. The lowest BCUT2D eigenvalue weighted by molar-refractivity contribution is -0.205. The summed E-state index contributed by atoms with van der Waals surface area (Å²) in [6.45, 7) is 5.58. The molecule has 4 aliphatic carbocycles. The summed E-state index contributed by atoms with van der Waals surface area (Å²) < 4.78 is 50.1. The zero-order valence-electron chi connectivity index (χ0n) is 20.1. The third-order valence-corrected chi connectivity index (χ3v) is 9.36. The smallest absolute Gasteiger partial charge is 0.306 e. The second-order valence-electron chi connectivity index (χ2n) is 11.0. The highest BCUT2D eigenvalue weighted by molar-refractivity contribution is 6.04. The second kappa shape index (κ2) is 8.32. The van der Waals surface area contributed by atoms with Crippen molar-refractivity contribution in [2.45, 2.75) is 77.7 Å². The van der Waals surface area contributed by atoms with Crippen LogP contribution in [0.15, 0.2) is 23.6 Å². The lowest BCUT2D eigenvalue weighted by Crippen LogP contribution is -2.64. The summed E-state index contributed by atoms with van der Waals surface area (Å²) in [6, 6.07) is 0. The molecule has 9 atom stereocenters. The van der Waals surface area contributed by atoms with E-state index >= 15 is 4.39 Å². The molecule has 188 valence electrons. The molecule has 0 aromatic carbocycles. The van der Waals surface area contributed by atoms with Gasteiger partial charge in [-0.1, -0.05) is 33.8 Å². The van der Waals surface area contributed by atoms with Gasteiger partial charge in [-0.25, -0.2) is 13.2 Å². The fourth-order valence-corrected chi connectivity index (χ4v) is 8.15. The predicted octanol–water partition coefficient (Wildman–Crippen LogP) is 4.38. The SMILES string of the molecule is CCCC(=O)O[C@]1(C(=O)CF)[C@@H](C)C[C@H]2[C@@H]3C[C@H](F)C4=C(F)C(=O)C=C[C@]4(C)[C@H]3[C@@H](O)C[C@@]21C. The Labute approximate surface area is 197 Å². The van der Waals surface area contributed by atoms with Crippen LogP contribution in [0.2, 0.25) is 0 Å². The van der Waals surface area contributed by atoms with E-state index in [1.807, 2.05) is 0 Å². The van der Waals surface area contributed by atoms with E-state index in [4.69, 9.17) is 4.74 Å². The van der Waals surface area contributed by atoms with Crippen molar-refractivity contribution in [3.05, 3.63) is 23.6 Å². The molecule has 4 aliphatic rings. The van der Waals surface area contributed by atoms with E-state index in [1.54, 1.807) is 27.7 Å². The molecule has 34 heavy (non-hydrogen) atoms. The van der Waals surface area contributed by atoms with Crippen molar-refractivity contribution in [1.29, 1.82) is 0 Å². The Hall–Kier alpha value is -1.96. The molecule has 1 N–H and O–H groups in total. The van der Waals surface area contributed by atoms with Crippen molar-refractivity contribution >= 4 is 17.5 Å². The van der Waals surface area contributed by atoms with Crippen molar-refractivity contribution < 1.29 is 37.4 Å². The Kier molecular flexibility index (Phi) is 6.15. The minimum atomic E-state index is -1.77. The van der Waals surface area contributed by atoms with E-state index in [2.05, 4.69) is 0 Å². The normalized spacial score (nSPS) is 45.5. The molecule has 0 amide bonds. The average Bonchev–Trinajstić information content (AvgIpc) is 2.97. The van der Waals surface area contributed by atoms with Crippen LogP contribution in [0.3, 0.4) is 0 Å². The number of alkyl halides is 2. The Morgan fingerprint density at radius 1 is 1.26 bits per heavy atom. The number of Topliss-reactive ketones (excluding diaryl/α,β-unsaturated/α-hetero) is 1. The van der Waals surface area contributed by atoms with Gasteiger partial charge in [0.05, 0.1) is 6.10 Å². The van der Waals surface area contributed by atoms with Gasteiger partial charge in [-0.2, -0.15) is 0 Å². The molecule has 3 fully saturated rings. The average molecular weight is 483 g/mol. The van der Waals surface area contributed by atoms with Gasteiger partial charge in [-0.05, 0) is 43.6 Å². The summed E-state index contributed by atoms with van der Waals surface area (Å²) in [5.41, 5.74) is -4.32. The van der Waals surface area contributed by atoms with Gasteiger partial charge in [0.1, 0.15) is 6.17 Å². The number of aliphatic hydroxyl groups is 1. The molecule has 0 aromatic heterocycles. The first-order valence-electron chi connectivity index (χ1n) is 12.2. The van der Waals surface area contributed by atoms with Crippen LogP contribution >= 0.6 is 0 Å². The van der Waals surface area contributed by atoms with Crippen LogP contribution in [0.4, 0.5) is 13.2 Å². The van der Waals surface area contributed by atoms with Gasteiger partial charge in [-0.3, -0.25) is 14.4 Å². The molecule has 0 radical (unpaired) electrons. The lowest BCUT2D eigenvalue weighted by Gasteiger charge is -2.60. The Balaban J connectivity index is 1.83. The number of halogens is 3. The molecule has 5 nitrogen and oxygen atoms in total. The molecule has 0 heterocycles. The number of ether oxygens (including phenoxy) is 1. The molecule has 3 saturated carbocycles. The van der Waals surface area contributed by atoms with Crippen LogP contribution in [0.1, 0.15) is 59.8 Å². The van der Waals surface area contributed by atoms with Crippen molar-refractivity contribution in [2.75, 3.05) is 6.67 Å². The van der Waals surface area contributed by atoms with Gasteiger partial charge in [0.15, 0.2) is 18.1 Å². The Morgan fingerprint density at radius 3 is 2.56 bits per heavy atom. The molecule has 0 bridgehead atoms. The fourth-order valence-electron chi connectivity index (χ4n) is 8.15. The molecular formula is C26H33F3O5.